The Balaban J connectivity index is 2.15. The molecule has 4 nitrogen and oxygen atoms in total. The average molecular weight is 309 g/mol. The van der Waals surface area contributed by atoms with E-state index in [0.29, 0.717) is 17.0 Å². The number of thiophene rings is 1. The zero-order valence-electron chi connectivity index (χ0n) is 11.2. The number of carboxylic acid groups (broad SMARTS) is 1. The first-order chi connectivity index (χ1) is 9.49. The van der Waals surface area contributed by atoms with Gasteiger partial charge in [0.1, 0.15) is 4.88 Å². The Morgan fingerprint density at radius 1 is 1.40 bits per heavy atom. The number of carbonyl (C=O) groups is 2. The van der Waals surface area contributed by atoms with Crippen LogP contribution < -0.4 is 5.32 Å². The number of aromatic carboxylic acids is 1. The van der Waals surface area contributed by atoms with Crippen LogP contribution in [-0.2, 0) is 4.79 Å². The summed E-state index contributed by atoms with van der Waals surface area (Å²) in [6.45, 7) is 2.01. The summed E-state index contributed by atoms with van der Waals surface area (Å²) >= 11 is 2.88. The number of amides is 1. The second-order valence-corrected chi connectivity index (χ2v) is 6.83. The normalized spacial score (nSPS) is 12.3. The van der Waals surface area contributed by atoms with E-state index in [2.05, 4.69) is 5.32 Å². The summed E-state index contributed by atoms with van der Waals surface area (Å²) in [4.78, 5) is 23.0. The van der Waals surface area contributed by atoms with E-state index in [1.54, 1.807) is 30.0 Å². The highest BCUT2D eigenvalue weighted by Gasteiger charge is 2.11. The molecule has 106 valence electrons. The fourth-order valence-electron chi connectivity index (χ4n) is 1.78. The first kappa shape index (κ1) is 14.9. The quantitative estimate of drug-likeness (QED) is 0.884. The minimum atomic E-state index is -0.925. The molecule has 0 spiro atoms. The Kier molecular flexibility index (Phi) is 4.67. The zero-order valence-corrected chi connectivity index (χ0v) is 12.8. The molecule has 1 unspecified atom stereocenters. The van der Waals surface area contributed by atoms with Crippen LogP contribution in [0.15, 0.2) is 24.3 Å². The number of anilines is 1. The second kappa shape index (κ2) is 6.28. The number of nitrogens with one attached hydrogen (secondary N) is 1. The van der Waals surface area contributed by atoms with Crippen molar-refractivity contribution in [2.24, 2.45) is 0 Å². The highest BCUT2D eigenvalue weighted by atomic mass is 32.2. The smallest absolute Gasteiger partial charge is 0.345 e. The third kappa shape index (κ3) is 3.52. The van der Waals surface area contributed by atoms with E-state index in [0.717, 1.165) is 10.1 Å². The lowest BCUT2D eigenvalue weighted by Crippen LogP contribution is -2.15. The Bertz CT molecular complexity index is 651. The predicted molar refractivity (Wildman–Crippen MR) is 85.0 cm³/mol. The summed E-state index contributed by atoms with van der Waals surface area (Å²) in [6, 6.07) is 7.06. The molecular formula is C14H15NO3S2. The third-order valence-electron chi connectivity index (χ3n) is 2.89. The zero-order chi connectivity index (χ0) is 14.7. The minimum absolute atomic E-state index is 0.0279. The summed E-state index contributed by atoms with van der Waals surface area (Å²) in [5.74, 6) is -0.953. The summed E-state index contributed by atoms with van der Waals surface area (Å²) in [5.41, 5.74) is 0.700. The van der Waals surface area contributed by atoms with Crippen LogP contribution in [0.3, 0.4) is 0 Å². The molecule has 2 aromatic rings. The third-order valence-corrected chi connectivity index (χ3v) is 4.96. The number of fused-ring (bicyclic) bond motifs is 1. The van der Waals surface area contributed by atoms with Crippen molar-refractivity contribution in [1.82, 2.24) is 0 Å². The van der Waals surface area contributed by atoms with Gasteiger partial charge in [-0.25, -0.2) is 4.79 Å². The molecule has 1 heterocycles. The SMILES string of the molecule is CSC(C)CC(=O)Nc1ccc2sc(C(=O)O)cc2c1. The van der Waals surface area contributed by atoms with Crippen molar-refractivity contribution in [3.8, 4) is 0 Å². The molecule has 0 bridgehead atoms. The molecule has 6 heteroatoms. The maximum absolute atomic E-state index is 11.8. The number of hydrogen-bond acceptors (Lipinski definition) is 4. The minimum Gasteiger partial charge on any atom is -0.477 e. The van der Waals surface area contributed by atoms with Crippen molar-refractivity contribution in [1.29, 1.82) is 0 Å². The van der Waals surface area contributed by atoms with Crippen molar-refractivity contribution in [3.63, 3.8) is 0 Å². The molecule has 0 fully saturated rings. The monoisotopic (exact) mass is 309 g/mol. The van der Waals surface area contributed by atoms with Crippen LogP contribution in [0.2, 0.25) is 0 Å². The lowest BCUT2D eigenvalue weighted by Gasteiger charge is -2.09. The van der Waals surface area contributed by atoms with E-state index in [4.69, 9.17) is 5.11 Å². The van der Waals surface area contributed by atoms with Gasteiger partial charge in [-0.2, -0.15) is 11.8 Å². The predicted octanol–water partition coefficient (Wildman–Crippen LogP) is 3.68. The molecule has 0 radical (unpaired) electrons. The molecule has 2 rings (SSSR count). The molecule has 0 saturated heterocycles. The van der Waals surface area contributed by atoms with Gasteiger partial charge in [-0.3, -0.25) is 4.79 Å². The molecule has 0 saturated carbocycles. The molecular weight excluding hydrogens is 294 g/mol. The highest BCUT2D eigenvalue weighted by Crippen LogP contribution is 2.28. The van der Waals surface area contributed by atoms with E-state index in [1.165, 1.54) is 11.3 Å². The van der Waals surface area contributed by atoms with Crippen molar-refractivity contribution in [2.45, 2.75) is 18.6 Å². The van der Waals surface area contributed by atoms with Crippen molar-refractivity contribution < 1.29 is 14.7 Å². The molecule has 1 aromatic carbocycles. The van der Waals surface area contributed by atoms with Gasteiger partial charge >= 0.3 is 5.97 Å². The van der Waals surface area contributed by atoms with E-state index < -0.39 is 5.97 Å². The molecule has 1 aromatic heterocycles. The van der Waals surface area contributed by atoms with E-state index in [1.807, 2.05) is 19.2 Å². The average Bonchev–Trinajstić information content (AvgIpc) is 2.81. The fourth-order valence-corrected chi connectivity index (χ4v) is 2.98. The van der Waals surface area contributed by atoms with Gasteiger partial charge in [-0.15, -0.1) is 11.3 Å². The van der Waals surface area contributed by atoms with Crippen LogP contribution in [-0.4, -0.2) is 28.5 Å². The number of carbonyl (C=O) groups excluding carboxylic acids is 1. The largest absolute Gasteiger partial charge is 0.477 e. The van der Waals surface area contributed by atoms with Gasteiger partial charge in [0.15, 0.2) is 0 Å². The molecule has 0 aliphatic heterocycles. The summed E-state index contributed by atoms with van der Waals surface area (Å²) in [5, 5.41) is 12.9. The van der Waals surface area contributed by atoms with Crippen molar-refractivity contribution in [2.75, 3.05) is 11.6 Å². The molecule has 1 atom stereocenters. The Hall–Kier alpha value is -1.53. The first-order valence-corrected chi connectivity index (χ1v) is 8.19. The van der Waals surface area contributed by atoms with Crippen LogP contribution in [0.1, 0.15) is 23.0 Å². The lowest BCUT2D eigenvalue weighted by atomic mass is 10.2. The highest BCUT2D eigenvalue weighted by molar-refractivity contribution is 7.99. The number of hydrogen-bond donors (Lipinski definition) is 2. The summed E-state index contributed by atoms with van der Waals surface area (Å²) in [7, 11) is 0. The maximum Gasteiger partial charge on any atom is 0.345 e. The van der Waals surface area contributed by atoms with Gasteiger partial charge in [0, 0.05) is 22.1 Å². The second-order valence-electron chi connectivity index (χ2n) is 4.47. The Labute approximate surface area is 125 Å². The summed E-state index contributed by atoms with van der Waals surface area (Å²) < 4.78 is 0.901. The fraction of sp³-hybridized carbons (Fsp3) is 0.286. The molecule has 1 amide bonds. The van der Waals surface area contributed by atoms with E-state index >= 15 is 0 Å². The van der Waals surface area contributed by atoms with Gasteiger partial charge in [0.05, 0.1) is 0 Å². The van der Waals surface area contributed by atoms with Gasteiger partial charge in [-0.1, -0.05) is 6.92 Å². The van der Waals surface area contributed by atoms with Gasteiger partial charge < -0.3 is 10.4 Å². The number of thioether (sulfide) groups is 1. The van der Waals surface area contributed by atoms with Crippen LogP contribution in [0.25, 0.3) is 10.1 Å². The van der Waals surface area contributed by atoms with Crippen molar-refractivity contribution >= 4 is 50.7 Å². The molecule has 2 N–H and O–H groups in total. The van der Waals surface area contributed by atoms with Crippen LogP contribution in [0.4, 0.5) is 5.69 Å². The number of rotatable bonds is 5. The van der Waals surface area contributed by atoms with Gasteiger partial charge in [0.25, 0.3) is 0 Å². The molecule has 0 aliphatic rings. The van der Waals surface area contributed by atoms with E-state index in [9.17, 15) is 9.59 Å². The molecule has 0 aliphatic carbocycles. The van der Waals surface area contributed by atoms with Gasteiger partial charge in [0.2, 0.25) is 5.91 Å². The standard InChI is InChI=1S/C14H15NO3S2/c1-8(19-2)5-13(16)15-10-3-4-11-9(6-10)7-12(20-11)14(17)18/h3-4,6-8H,5H2,1-2H3,(H,15,16)(H,17,18). The number of benzene rings is 1. The summed E-state index contributed by atoms with van der Waals surface area (Å²) in [6.07, 6.45) is 2.44. The Morgan fingerprint density at radius 3 is 2.80 bits per heavy atom. The number of carboxylic acids is 1. The van der Waals surface area contributed by atoms with Crippen molar-refractivity contribution in [3.05, 3.63) is 29.1 Å². The van der Waals surface area contributed by atoms with Crippen LogP contribution in [0, 0.1) is 0 Å². The van der Waals surface area contributed by atoms with Crippen LogP contribution in [0.5, 0.6) is 0 Å². The van der Waals surface area contributed by atoms with Gasteiger partial charge in [-0.05, 0) is 35.9 Å². The topological polar surface area (TPSA) is 66.4 Å². The first-order valence-electron chi connectivity index (χ1n) is 6.09. The Morgan fingerprint density at radius 2 is 2.15 bits per heavy atom. The van der Waals surface area contributed by atoms with E-state index in [-0.39, 0.29) is 11.2 Å². The van der Waals surface area contributed by atoms with Crippen LogP contribution >= 0.6 is 23.1 Å². The molecule has 20 heavy (non-hydrogen) atoms. The lowest BCUT2D eigenvalue weighted by molar-refractivity contribution is -0.116. The maximum atomic E-state index is 11.8.